The first kappa shape index (κ1) is 15.9. The number of aromatic nitrogens is 1. The number of aryl methyl sites for hydroxylation is 1. The molecule has 1 aromatic carbocycles. The lowest BCUT2D eigenvalue weighted by molar-refractivity contribution is 0.503. The van der Waals surface area contributed by atoms with Gasteiger partial charge in [-0.2, -0.15) is 0 Å². The molecule has 1 N–H and O–H groups in total. The van der Waals surface area contributed by atoms with Crippen LogP contribution in [0.1, 0.15) is 36.2 Å². The minimum absolute atomic E-state index is 0.000487. The van der Waals surface area contributed by atoms with Crippen LogP contribution in [0.5, 0.6) is 0 Å². The third-order valence-corrected chi connectivity index (χ3v) is 3.61. The number of hydrogen-bond donors (Lipinski definition) is 1. The minimum atomic E-state index is -0.265. The largest absolute Gasteiger partial charge is 0.308 e. The number of nitrogens with zero attached hydrogens (tertiary/aromatic N) is 1. The smallest absolute Gasteiger partial charge is 0.127 e. The molecule has 1 heterocycles. The number of rotatable bonds is 6. The van der Waals surface area contributed by atoms with E-state index in [1.165, 1.54) is 6.07 Å². The first-order valence-electron chi connectivity index (χ1n) is 7.20. The van der Waals surface area contributed by atoms with Gasteiger partial charge < -0.3 is 5.32 Å². The zero-order chi connectivity index (χ0) is 15.2. The minimum Gasteiger partial charge on any atom is -0.308 e. The van der Waals surface area contributed by atoms with Crippen molar-refractivity contribution in [3.63, 3.8) is 0 Å². The van der Waals surface area contributed by atoms with Crippen molar-refractivity contribution in [3.05, 3.63) is 64.2 Å². The molecule has 0 radical (unpaired) electrons. The van der Waals surface area contributed by atoms with E-state index in [0.29, 0.717) is 17.0 Å². The number of hydrogen-bond acceptors (Lipinski definition) is 2. The number of nitrogens with one attached hydrogen (secondary N) is 1. The Morgan fingerprint density at radius 3 is 2.76 bits per heavy atom. The average molecular weight is 307 g/mol. The van der Waals surface area contributed by atoms with Crippen LogP contribution in [0.2, 0.25) is 5.02 Å². The summed E-state index contributed by atoms with van der Waals surface area (Å²) in [6.07, 6.45) is 3.37. The second kappa shape index (κ2) is 7.53. The fraction of sp³-hybridized carbons (Fsp3) is 0.353. The summed E-state index contributed by atoms with van der Waals surface area (Å²) in [4.78, 5) is 4.43. The highest BCUT2D eigenvalue weighted by Gasteiger charge is 2.15. The van der Waals surface area contributed by atoms with Gasteiger partial charge in [-0.1, -0.05) is 24.6 Å². The Labute approximate surface area is 130 Å². The molecular formula is C17H20ClFN2. The maximum absolute atomic E-state index is 14.0. The van der Waals surface area contributed by atoms with Gasteiger partial charge in [-0.05, 0) is 61.7 Å². The Bertz CT molecular complexity index is 601. The second-order valence-corrected chi connectivity index (χ2v) is 5.64. The monoisotopic (exact) mass is 306 g/mol. The summed E-state index contributed by atoms with van der Waals surface area (Å²) in [5, 5.41) is 3.86. The molecule has 0 spiro atoms. The van der Waals surface area contributed by atoms with Gasteiger partial charge in [0.05, 0.1) is 11.7 Å². The van der Waals surface area contributed by atoms with E-state index in [1.807, 2.05) is 19.1 Å². The lowest BCUT2D eigenvalue weighted by Gasteiger charge is -2.19. The lowest BCUT2D eigenvalue weighted by atomic mass is 10.0. The summed E-state index contributed by atoms with van der Waals surface area (Å²) in [5.74, 6) is -0.265. The Balaban J connectivity index is 2.23. The Hall–Kier alpha value is -1.45. The van der Waals surface area contributed by atoms with Gasteiger partial charge in [0, 0.05) is 11.2 Å². The number of halogens is 2. The molecule has 4 heteroatoms. The topological polar surface area (TPSA) is 24.9 Å². The molecule has 0 saturated carbocycles. The van der Waals surface area contributed by atoms with Crippen molar-refractivity contribution in [1.29, 1.82) is 0 Å². The fourth-order valence-electron chi connectivity index (χ4n) is 2.26. The van der Waals surface area contributed by atoms with Gasteiger partial charge in [-0.25, -0.2) is 4.39 Å². The van der Waals surface area contributed by atoms with Crippen LogP contribution in [-0.4, -0.2) is 11.5 Å². The van der Waals surface area contributed by atoms with Crippen molar-refractivity contribution in [3.8, 4) is 0 Å². The van der Waals surface area contributed by atoms with E-state index < -0.39 is 0 Å². The summed E-state index contributed by atoms with van der Waals surface area (Å²) < 4.78 is 14.0. The highest BCUT2D eigenvalue weighted by molar-refractivity contribution is 6.30. The molecule has 0 fully saturated rings. The molecule has 1 unspecified atom stereocenters. The van der Waals surface area contributed by atoms with E-state index in [0.717, 1.165) is 24.2 Å². The van der Waals surface area contributed by atoms with Crippen LogP contribution in [0.25, 0.3) is 0 Å². The van der Waals surface area contributed by atoms with Crippen LogP contribution in [-0.2, 0) is 6.42 Å². The molecule has 0 saturated heterocycles. The fourth-order valence-corrected chi connectivity index (χ4v) is 2.42. The summed E-state index contributed by atoms with van der Waals surface area (Å²) in [6, 6.07) is 8.83. The van der Waals surface area contributed by atoms with Crippen LogP contribution in [0, 0.1) is 12.7 Å². The average Bonchev–Trinajstić information content (AvgIpc) is 2.45. The second-order valence-electron chi connectivity index (χ2n) is 5.20. The Kier molecular flexibility index (Phi) is 5.71. The van der Waals surface area contributed by atoms with E-state index in [1.54, 1.807) is 18.3 Å². The molecule has 2 aromatic rings. The summed E-state index contributed by atoms with van der Waals surface area (Å²) in [7, 11) is 0. The van der Waals surface area contributed by atoms with Crippen LogP contribution in [0.3, 0.4) is 0 Å². The van der Waals surface area contributed by atoms with E-state index in [-0.39, 0.29) is 11.9 Å². The third kappa shape index (κ3) is 4.51. The van der Waals surface area contributed by atoms with Gasteiger partial charge in [0.25, 0.3) is 0 Å². The molecule has 0 bridgehead atoms. The zero-order valence-corrected chi connectivity index (χ0v) is 13.1. The highest BCUT2D eigenvalue weighted by Crippen LogP contribution is 2.22. The van der Waals surface area contributed by atoms with Crippen LogP contribution in [0.4, 0.5) is 4.39 Å². The molecule has 112 valence electrons. The van der Waals surface area contributed by atoms with Gasteiger partial charge in [0.2, 0.25) is 0 Å². The Morgan fingerprint density at radius 2 is 2.10 bits per heavy atom. The molecule has 2 rings (SSSR count). The molecule has 21 heavy (non-hydrogen) atoms. The number of pyridine rings is 1. The normalized spacial score (nSPS) is 12.4. The van der Waals surface area contributed by atoms with Crippen molar-refractivity contribution in [1.82, 2.24) is 10.3 Å². The van der Waals surface area contributed by atoms with E-state index in [9.17, 15) is 4.39 Å². The molecular weight excluding hydrogens is 287 g/mol. The van der Waals surface area contributed by atoms with E-state index >= 15 is 0 Å². The van der Waals surface area contributed by atoms with Gasteiger partial charge in [0.1, 0.15) is 5.82 Å². The van der Waals surface area contributed by atoms with E-state index in [2.05, 4.69) is 17.2 Å². The van der Waals surface area contributed by atoms with Gasteiger partial charge >= 0.3 is 0 Å². The summed E-state index contributed by atoms with van der Waals surface area (Å²) in [5.41, 5.74) is 2.74. The van der Waals surface area contributed by atoms with Gasteiger partial charge in [-0.3, -0.25) is 4.98 Å². The third-order valence-electron chi connectivity index (χ3n) is 3.37. The predicted molar refractivity (Wildman–Crippen MR) is 85.1 cm³/mol. The maximum atomic E-state index is 14.0. The lowest BCUT2D eigenvalue weighted by Crippen LogP contribution is -2.25. The molecule has 0 aliphatic carbocycles. The first-order valence-corrected chi connectivity index (χ1v) is 7.57. The van der Waals surface area contributed by atoms with Crippen molar-refractivity contribution in [2.75, 3.05) is 6.54 Å². The predicted octanol–water partition coefficient (Wildman–Crippen LogP) is 4.47. The van der Waals surface area contributed by atoms with Crippen LogP contribution < -0.4 is 5.32 Å². The molecule has 1 atom stereocenters. The van der Waals surface area contributed by atoms with Crippen molar-refractivity contribution >= 4 is 11.6 Å². The number of benzene rings is 1. The standard InChI is InChI=1S/C17H20ClFN2/c1-3-7-20-17(16-9-12(2)6-8-21-16)10-13-4-5-14(18)11-15(13)19/h4-6,8-9,11,17,20H,3,7,10H2,1-2H3. The molecule has 2 nitrogen and oxygen atoms in total. The first-order chi connectivity index (χ1) is 10.1. The van der Waals surface area contributed by atoms with Crippen LogP contribution in [0.15, 0.2) is 36.5 Å². The molecule has 0 aliphatic rings. The zero-order valence-electron chi connectivity index (χ0n) is 12.4. The van der Waals surface area contributed by atoms with Crippen molar-refractivity contribution in [2.24, 2.45) is 0 Å². The van der Waals surface area contributed by atoms with Gasteiger partial charge in [0.15, 0.2) is 0 Å². The van der Waals surface area contributed by atoms with Crippen LogP contribution >= 0.6 is 11.6 Å². The Morgan fingerprint density at radius 1 is 1.29 bits per heavy atom. The van der Waals surface area contributed by atoms with Crippen molar-refractivity contribution in [2.45, 2.75) is 32.7 Å². The van der Waals surface area contributed by atoms with E-state index in [4.69, 9.17) is 11.6 Å². The van der Waals surface area contributed by atoms with Gasteiger partial charge in [-0.15, -0.1) is 0 Å². The SMILES string of the molecule is CCCNC(Cc1ccc(Cl)cc1F)c1cc(C)ccn1. The summed E-state index contributed by atoms with van der Waals surface area (Å²) >= 11 is 5.81. The highest BCUT2D eigenvalue weighted by atomic mass is 35.5. The molecule has 0 amide bonds. The maximum Gasteiger partial charge on any atom is 0.127 e. The quantitative estimate of drug-likeness (QED) is 0.852. The molecule has 0 aliphatic heterocycles. The molecule has 1 aromatic heterocycles. The summed E-state index contributed by atoms with van der Waals surface area (Å²) in [6.45, 7) is 5.01. The van der Waals surface area contributed by atoms with Crippen molar-refractivity contribution < 1.29 is 4.39 Å².